The van der Waals surface area contributed by atoms with E-state index in [1.807, 2.05) is 43.3 Å². The number of hydrogen-bond acceptors (Lipinski definition) is 5. The van der Waals surface area contributed by atoms with Crippen LogP contribution in [0.1, 0.15) is 30.4 Å². The molecule has 2 aromatic carbocycles. The molecule has 0 radical (unpaired) electrons. The Morgan fingerprint density at radius 2 is 2.11 bits per heavy atom. The maximum Gasteiger partial charge on any atom is 0.224 e. The lowest BCUT2D eigenvalue weighted by Crippen LogP contribution is -2.28. The van der Waals surface area contributed by atoms with E-state index in [0.29, 0.717) is 18.9 Å². The van der Waals surface area contributed by atoms with Crippen molar-refractivity contribution in [1.29, 1.82) is 0 Å². The Balaban J connectivity index is 1.31. The molecule has 0 saturated heterocycles. The van der Waals surface area contributed by atoms with Crippen LogP contribution in [0.4, 0.5) is 0 Å². The fraction of sp³-hybridized carbons (Fsp3) is 0.300. The summed E-state index contributed by atoms with van der Waals surface area (Å²) >= 11 is 0. The van der Waals surface area contributed by atoms with E-state index < -0.39 is 0 Å². The number of nitrogens with one attached hydrogen (secondary N) is 1. The van der Waals surface area contributed by atoms with Crippen molar-refractivity contribution in [3.8, 4) is 11.4 Å². The molecule has 1 N–H and O–H groups in total. The van der Waals surface area contributed by atoms with Gasteiger partial charge in [0.05, 0.1) is 18.7 Å². The van der Waals surface area contributed by atoms with Crippen molar-refractivity contribution in [2.75, 3.05) is 6.61 Å². The highest BCUT2D eigenvalue weighted by molar-refractivity contribution is 5.79. The van der Waals surface area contributed by atoms with E-state index in [1.54, 1.807) is 4.68 Å². The molecule has 1 aliphatic carbocycles. The van der Waals surface area contributed by atoms with E-state index in [9.17, 15) is 4.79 Å². The lowest BCUT2D eigenvalue weighted by atomic mass is 10.1. The number of aromatic nitrogens is 4. The van der Waals surface area contributed by atoms with Crippen LogP contribution in [0.3, 0.4) is 0 Å². The molecule has 1 saturated carbocycles. The van der Waals surface area contributed by atoms with Gasteiger partial charge in [-0.1, -0.05) is 24.3 Å². The summed E-state index contributed by atoms with van der Waals surface area (Å²) < 4.78 is 7.13. The van der Waals surface area contributed by atoms with Gasteiger partial charge in [-0.2, -0.15) is 0 Å². The Hall–Kier alpha value is -3.22. The average Bonchev–Trinajstić information content (AvgIpc) is 3.21. The van der Waals surface area contributed by atoms with Crippen molar-refractivity contribution < 1.29 is 9.53 Å². The molecule has 0 aliphatic heterocycles. The van der Waals surface area contributed by atoms with Gasteiger partial charge in [-0.05, 0) is 59.2 Å². The van der Waals surface area contributed by atoms with Gasteiger partial charge in [-0.15, -0.1) is 5.10 Å². The number of rotatable bonds is 7. The molecule has 1 heterocycles. The Morgan fingerprint density at radius 3 is 2.85 bits per heavy atom. The van der Waals surface area contributed by atoms with Crippen LogP contribution in [0.25, 0.3) is 5.69 Å². The number of amides is 1. The van der Waals surface area contributed by atoms with Crippen molar-refractivity contribution in [1.82, 2.24) is 25.5 Å². The van der Waals surface area contributed by atoms with E-state index >= 15 is 0 Å². The topological polar surface area (TPSA) is 81.9 Å². The number of carbonyl (C=O) groups is 1. The molecule has 3 aromatic rings. The first kappa shape index (κ1) is 17.2. The highest BCUT2D eigenvalue weighted by Gasteiger charge is 2.39. The summed E-state index contributed by atoms with van der Waals surface area (Å²) in [7, 11) is 0. The van der Waals surface area contributed by atoms with Crippen LogP contribution in [-0.4, -0.2) is 38.8 Å². The Labute approximate surface area is 157 Å². The zero-order chi connectivity index (χ0) is 18.6. The molecule has 7 nitrogen and oxygen atoms in total. The molecular weight excluding hydrogens is 342 g/mol. The van der Waals surface area contributed by atoms with Crippen molar-refractivity contribution in [3.05, 3.63) is 66.0 Å². The SMILES string of the molecule is CCOc1cccc([C@@H]2C[C@H]2NC(=O)Cc2ccc(-n3cnnn3)cc2)c1. The first-order valence-corrected chi connectivity index (χ1v) is 9.07. The lowest BCUT2D eigenvalue weighted by Gasteiger charge is -2.08. The molecule has 1 aliphatic rings. The molecule has 1 fully saturated rings. The van der Waals surface area contributed by atoms with Crippen LogP contribution >= 0.6 is 0 Å². The maximum atomic E-state index is 12.3. The van der Waals surface area contributed by atoms with Gasteiger partial charge in [0.25, 0.3) is 0 Å². The second kappa shape index (κ2) is 7.57. The van der Waals surface area contributed by atoms with Crippen LogP contribution in [0.5, 0.6) is 5.75 Å². The van der Waals surface area contributed by atoms with E-state index in [4.69, 9.17) is 4.74 Å². The van der Waals surface area contributed by atoms with E-state index in [2.05, 4.69) is 33.0 Å². The van der Waals surface area contributed by atoms with Gasteiger partial charge in [0.1, 0.15) is 12.1 Å². The highest BCUT2D eigenvalue weighted by Crippen LogP contribution is 2.41. The van der Waals surface area contributed by atoms with Gasteiger partial charge in [0.2, 0.25) is 5.91 Å². The monoisotopic (exact) mass is 363 g/mol. The maximum absolute atomic E-state index is 12.3. The van der Waals surface area contributed by atoms with Crippen molar-refractivity contribution >= 4 is 5.91 Å². The van der Waals surface area contributed by atoms with Gasteiger partial charge in [-0.25, -0.2) is 4.68 Å². The van der Waals surface area contributed by atoms with Gasteiger partial charge in [0, 0.05) is 12.0 Å². The molecule has 2 atom stereocenters. The van der Waals surface area contributed by atoms with Crippen molar-refractivity contribution in [2.45, 2.75) is 31.7 Å². The third kappa shape index (κ3) is 4.13. The summed E-state index contributed by atoms with van der Waals surface area (Å²) in [6.45, 7) is 2.63. The fourth-order valence-electron chi connectivity index (χ4n) is 3.21. The molecule has 4 rings (SSSR count). The largest absolute Gasteiger partial charge is 0.494 e. The first-order valence-electron chi connectivity index (χ1n) is 9.07. The second-order valence-corrected chi connectivity index (χ2v) is 6.62. The highest BCUT2D eigenvalue weighted by atomic mass is 16.5. The number of carbonyl (C=O) groups excluding carboxylic acids is 1. The Kier molecular flexibility index (Phi) is 4.82. The summed E-state index contributed by atoms with van der Waals surface area (Å²) in [5, 5.41) is 14.2. The van der Waals surface area contributed by atoms with Crippen molar-refractivity contribution in [3.63, 3.8) is 0 Å². The third-order valence-corrected chi connectivity index (χ3v) is 4.65. The average molecular weight is 363 g/mol. The summed E-state index contributed by atoms with van der Waals surface area (Å²) in [5.74, 6) is 1.30. The Morgan fingerprint density at radius 1 is 1.26 bits per heavy atom. The van der Waals surface area contributed by atoms with E-state index in [1.165, 1.54) is 11.9 Å². The minimum Gasteiger partial charge on any atom is -0.494 e. The number of ether oxygens (including phenoxy) is 1. The molecule has 138 valence electrons. The second-order valence-electron chi connectivity index (χ2n) is 6.62. The van der Waals surface area contributed by atoms with Crippen LogP contribution in [0, 0.1) is 0 Å². The molecule has 0 spiro atoms. The standard InChI is InChI=1S/C20H21N5O2/c1-2-27-17-5-3-4-15(11-17)18-12-19(18)22-20(26)10-14-6-8-16(9-7-14)25-13-21-23-24-25/h3-9,11,13,18-19H,2,10,12H2,1H3,(H,22,26)/t18-,19+/m0/s1. The normalized spacial score (nSPS) is 18.1. The zero-order valence-corrected chi connectivity index (χ0v) is 15.1. The lowest BCUT2D eigenvalue weighted by molar-refractivity contribution is -0.120. The summed E-state index contributed by atoms with van der Waals surface area (Å²) in [5.41, 5.74) is 3.04. The first-order chi connectivity index (χ1) is 13.2. The zero-order valence-electron chi connectivity index (χ0n) is 15.1. The molecule has 1 amide bonds. The number of hydrogen-bond donors (Lipinski definition) is 1. The summed E-state index contributed by atoms with van der Waals surface area (Å²) in [6, 6.07) is 16.0. The molecule has 0 unspecified atom stereocenters. The molecule has 0 bridgehead atoms. The van der Waals surface area contributed by atoms with Crippen LogP contribution in [0.2, 0.25) is 0 Å². The minimum absolute atomic E-state index is 0.0404. The predicted octanol–water partition coefficient (Wildman–Crippen LogP) is 2.28. The molecule has 1 aromatic heterocycles. The molecule has 27 heavy (non-hydrogen) atoms. The van der Waals surface area contributed by atoms with Gasteiger partial charge in [0.15, 0.2) is 0 Å². The number of nitrogens with zero attached hydrogens (tertiary/aromatic N) is 4. The quantitative estimate of drug-likeness (QED) is 0.696. The van der Waals surface area contributed by atoms with Crippen LogP contribution in [-0.2, 0) is 11.2 Å². The summed E-state index contributed by atoms with van der Waals surface area (Å²) in [6.07, 6.45) is 2.87. The van der Waals surface area contributed by atoms with Crippen LogP contribution in [0.15, 0.2) is 54.9 Å². The summed E-state index contributed by atoms with van der Waals surface area (Å²) in [4.78, 5) is 12.3. The third-order valence-electron chi connectivity index (χ3n) is 4.65. The Bertz CT molecular complexity index is 908. The van der Waals surface area contributed by atoms with Gasteiger partial charge < -0.3 is 10.1 Å². The minimum atomic E-state index is 0.0404. The van der Waals surface area contributed by atoms with E-state index in [-0.39, 0.29) is 11.9 Å². The van der Waals surface area contributed by atoms with Crippen LogP contribution < -0.4 is 10.1 Å². The van der Waals surface area contributed by atoms with E-state index in [0.717, 1.165) is 23.4 Å². The van der Waals surface area contributed by atoms with Gasteiger partial charge in [-0.3, -0.25) is 4.79 Å². The smallest absolute Gasteiger partial charge is 0.224 e. The fourth-order valence-corrected chi connectivity index (χ4v) is 3.21. The van der Waals surface area contributed by atoms with Crippen molar-refractivity contribution in [2.24, 2.45) is 0 Å². The predicted molar refractivity (Wildman–Crippen MR) is 99.8 cm³/mol. The number of tetrazole rings is 1. The van der Waals surface area contributed by atoms with Gasteiger partial charge >= 0.3 is 0 Å². The molecular formula is C20H21N5O2. The molecule has 7 heteroatoms. The number of benzene rings is 2.